The Morgan fingerprint density at radius 2 is 0.507 bits per heavy atom. The number of hydrogen-bond donors (Lipinski definition) is 0. The lowest BCUT2D eigenvalue weighted by molar-refractivity contribution is -0.167. The first kappa shape index (κ1) is 67.4. The van der Waals surface area contributed by atoms with Crippen LogP contribution in [0.2, 0.25) is 0 Å². The van der Waals surface area contributed by atoms with Crippen molar-refractivity contribution in [2.75, 3.05) is 13.2 Å². The molecule has 6 heteroatoms. The van der Waals surface area contributed by atoms with Crippen LogP contribution in [0.5, 0.6) is 0 Å². The molecule has 0 aliphatic carbocycles. The Morgan fingerprint density at radius 3 is 0.754 bits per heavy atom. The molecular formula is C63H122O6. The van der Waals surface area contributed by atoms with Crippen molar-refractivity contribution in [2.24, 2.45) is 11.8 Å². The van der Waals surface area contributed by atoms with Crippen molar-refractivity contribution >= 4 is 17.9 Å². The molecule has 0 spiro atoms. The van der Waals surface area contributed by atoms with Gasteiger partial charge in [0.25, 0.3) is 0 Å². The molecule has 0 heterocycles. The zero-order valence-corrected chi connectivity index (χ0v) is 47.5. The third kappa shape index (κ3) is 54.0. The van der Waals surface area contributed by atoms with Gasteiger partial charge in [-0.3, -0.25) is 14.4 Å². The molecule has 0 aliphatic rings. The highest BCUT2D eigenvalue weighted by Crippen LogP contribution is 2.19. The fourth-order valence-electron chi connectivity index (χ4n) is 9.69. The van der Waals surface area contributed by atoms with Crippen LogP contribution < -0.4 is 0 Å². The third-order valence-electron chi connectivity index (χ3n) is 15.2. The Kier molecular flexibility index (Phi) is 54.4. The first-order chi connectivity index (χ1) is 33.8. The minimum atomic E-state index is -0.763. The molecule has 6 nitrogen and oxygen atoms in total. The van der Waals surface area contributed by atoms with Gasteiger partial charge in [0.1, 0.15) is 13.2 Å². The molecule has 69 heavy (non-hydrogen) atoms. The van der Waals surface area contributed by atoms with Gasteiger partial charge in [-0.25, -0.2) is 0 Å². The van der Waals surface area contributed by atoms with E-state index in [4.69, 9.17) is 14.2 Å². The summed E-state index contributed by atoms with van der Waals surface area (Å²) in [5.74, 6) is 0.970. The zero-order valence-electron chi connectivity index (χ0n) is 47.5. The molecule has 0 saturated carbocycles. The lowest BCUT2D eigenvalue weighted by Gasteiger charge is -2.18. The Balaban J connectivity index is 4.22. The fourth-order valence-corrected chi connectivity index (χ4v) is 9.69. The molecule has 0 radical (unpaired) electrons. The van der Waals surface area contributed by atoms with Crippen molar-refractivity contribution in [3.8, 4) is 0 Å². The molecule has 0 bridgehead atoms. The summed E-state index contributed by atoms with van der Waals surface area (Å²) in [7, 11) is 0. The van der Waals surface area contributed by atoms with Gasteiger partial charge in [0.05, 0.1) is 0 Å². The fraction of sp³-hybridized carbons (Fsp3) is 0.952. The van der Waals surface area contributed by atoms with E-state index >= 15 is 0 Å². The van der Waals surface area contributed by atoms with E-state index in [9.17, 15) is 14.4 Å². The number of rotatable bonds is 57. The maximum atomic E-state index is 12.9. The van der Waals surface area contributed by atoms with Crippen molar-refractivity contribution < 1.29 is 28.6 Å². The summed E-state index contributed by atoms with van der Waals surface area (Å²) in [6, 6.07) is 0. The summed E-state index contributed by atoms with van der Waals surface area (Å²) >= 11 is 0. The monoisotopic (exact) mass is 975 g/mol. The van der Waals surface area contributed by atoms with Gasteiger partial charge in [-0.05, 0) is 31.1 Å². The molecule has 0 aromatic rings. The minimum Gasteiger partial charge on any atom is -0.462 e. The minimum absolute atomic E-state index is 0.0621. The van der Waals surface area contributed by atoms with Gasteiger partial charge in [0.15, 0.2) is 6.10 Å². The number of carbonyl (C=O) groups excluding carboxylic acids is 3. The second-order valence-corrected chi connectivity index (χ2v) is 22.2. The second-order valence-electron chi connectivity index (χ2n) is 22.2. The number of unbranched alkanes of at least 4 members (excludes halogenated alkanes) is 40. The maximum Gasteiger partial charge on any atom is 0.306 e. The van der Waals surface area contributed by atoms with Crippen molar-refractivity contribution in [2.45, 2.75) is 362 Å². The molecule has 0 aromatic carbocycles. The second kappa shape index (κ2) is 55.7. The SMILES string of the molecule is CCCCCCCCCCCCCC(=O)OC[C@H](COC(=O)CCCCCCCCCCCCCCCCCCCCC(C)CC)OC(=O)CCCCCCCCCCCCCCCCC(C)CC. The molecule has 0 N–H and O–H groups in total. The van der Waals surface area contributed by atoms with Gasteiger partial charge < -0.3 is 14.2 Å². The van der Waals surface area contributed by atoms with Crippen LogP contribution in [0.4, 0.5) is 0 Å². The predicted molar refractivity (Wildman–Crippen MR) is 298 cm³/mol. The molecule has 0 fully saturated rings. The Labute approximate surface area is 431 Å². The highest BCUT2D eigenvalue weighted by Gasteiger charge is 2.19. The van der Waals surface area contributed by atoms with E-state index in [1.807, 2.05) is 0 Å². The van der Waals surface area contributed by atoms with E-state index in [0.717, 1.165) is 69.6 Å². The van der Waals surface area contributed by atoms with Crippen molar-refractivity contribution in [3.63, 3.8) is 0 Å². The molecule has 0 aliphatic heterocycles. The predicted octanol–water partition coefficient (Wildman–Crippen LogP) is 20.8. The first-order valence-electron chi connectivity index (χ1n) is 31.3. The Morgan fingerprint density at radius 1 is 0.290 bits per heavy atom. The van der Waals surface area contributed by atoms with E-state index < -0.39 is 6.10 Å². The van der Waals surface area contributed by atoms with Gasteiger partial charge in [-0.2, -0.15) is 0 Å². The highest BCUT2D eigenvalue weighted by molar-refractivity contribution is 5.71. The van der Waals surface area contributed by atoms with Crippen molar-refractivity contribution in [1.29, 1.82) is 0 Å². The van der Waals surface area contributed by atoms with Crippen LogP contribution in [0.25, 0.3) is 0 Å². The van der Waals surface area contributed by atoms with E-state index in [1.54, 1.807) is 0 Å². The number of esters is 3. The van der Waals surface area contributed by atoms with E-state index in [2.05, 4.69) is 34.6 Å². The van der Waals surface area contributed by atoms with Gasteiger partial charge in [0.2, 0.25) is 0 Å². The van der Waals surface area contributed by atoms with Gasteiger partial charge >= 0.3 is 17.9 Å². The molecule has 0 saturated heterocycles. The molecule has 0 amide bonds. The van der Waals surface area contributed by atoms with E-state index in [1.165, 1.54) is 244 Å². The normalized spacial score (nSPS) is 12.8. The van der Waals surface area contributed by atoms with Crippen LogP contribution in [0.15, 0.2) is 0 Å². The van der Waals surface area contributed by atoms with Gasteiger partial charge in [-0.1, -0.05) is 317 Å². The Hall–Kier alpha value is -1.59. The number of carbonyl (C=O) groups is 3. The van der Waals surface area contributed by atoms with Crippen LogP contribution in [-0.2, 0) is 28.6 Å². The lowest BCUT2D eigenvalue weighted by Crippen LogP contribution is -2.30. The molecular weight excluding hydrogens is 853 g/mol. The van der Waals surface area contributed by atoms with E-state index in [0.29, 0.717) is 19.3 Å². The summed E-state index contributed by atoms with van der Waals surface area (Å²) in [5, 5.41) is 0. The highest BCUT2D eigenvalue weighted by atomic mass is 16.6. The topological polar surface area (TPSA) is 78.9 Å². The van der Waals surface area contributed by atoms with Gasteiger partial charge in [-0.15, -0.1) is 0 Å². The van der Waals surface area contributed by atoms with Crippen LogP contribution in [-0.4, -0.2) is 37.2 Å². The van der Waals surface area contributed by atoms with Crippen LogP contribution in [0, 0.1) is 11.8 Å². The summed E-state index contributed by atoms with van der Waals surface area (Å²) < 4.78 is 16.9. The van der Waals surface area contributed by atoms with Crippen molar-refractivity contribution in [1.82, 2.24) is 0 Å². The Bertz CT molecular complexity index is 1060. The first-order valence-corrected chi connectivity index (χ1v) is 31.3. The van der Waals surface area contributed by atoms with Gasteiger partial charge in [0, 0.05) is 19.3 Å². The molecule has 0 aromatic heterocycles. The molecule has 2 unspecified atom stereocenters. The quantitative estimate of drug-likeness (QED) is 0.0343. The van der Waals surface area contributed by atoms with Crippen molar-refractivity contribution in [3.05, 3.63) is 0 Å². The maximum absolute atomic E-state index is 12.9. The third-order valence-corrected chi connectivity index (χ3v) is 15.2. The average Bonchev–Trinajstić information content (AvgIpc) is 3.35. The molecule has 3 atom stereocenters. The summed E-state index contributed by atoms with van der Waals surface area (Å²) in [6.07, 6.45) is 60.9. The summed E-state index contributed by atoms with van der Waals surface area (Å²) in [5.41, 5.74) is 0. The molecule has 0 rings (SSSR count). The molecule has 410 valence electrons. The number of ether oxygens (including phenoxy) is 3. The zero-order chi connectivity index (χ0) is 50.4. The summed E-state index contributed by atoms with van der Waals surface area (Å²) in [4.78, 5) is 38.2. The largest absolute Gasteiger partial charge is 0.462 e. The smallest absolute Gasteiger partial charge is 0.306 e. The van der Waals surface area contributed by atoms with Crippen LogP contribution in [0.3, 0.4) is 0 Å². The van der Waals surface area contributed by atoms with E-state index in [-0.39, 0.29) is 31.1 Å². The van der Waals surface area contributed by atoms with Crippen LogP contribution >= 0.6 is 0 Å². The number of hydrogen-bond acceptors (Lipinski definition) is 6. The lowest BCUT2D eigenvalue weighted by atomic mass is 9.99. The standard InChI is InChI=1S/C63H122O6/c1-6-9-10-11-12-13-26-33-38-43-48-53-61(64)67-56-60(69-63(66)55-50-45-40-35-30-25-21-20-23-28-32-37-42-47-52-59(5)8-3)57-68-62(65)54-49-44-39-34-29-24-19-17-15-14-16-18-22-27-31-36-41-46-51-58(4)7-2/h58-60H,6-57H2,1-5H3/t58?,59?,60-/m1/s1. The van der Waals surface area contributed by atoms with Crippen LogP contribution in [0.1, 0.15) is 356 Å². The summed E-state index contributed by atoms with van der Waals surface area (Å²) in [6.45, 7) is 11.5. The average molecular weight is 976 g/mol.